The number of methoxy groups -OCH3 is 1. The Labute approximate surface area is 165 Å². The zero-order chi connectivity index (χ0) is 20.1. The first kappa shape index (κ1) is 23.5. The first-order chi connectivity index (χ1) is 13.0. The minimum absolute atomic E-state index is 0.197. The normalized spacial score (nSPS) is 11.6. The van der Waals surface area contributed by atoms with Gasteiger partial charge < -0.3 is 9.47 Å². The molecule has 1 aromatic carbocycles. The Hall–Kier alpha value is -1.53. The molecule has 1 rings (SSSR count). The van der Waals surface area contributed by atoms with E-state index in [-0.39, 0.29) is 4.90 Å². The molecule has 0 atom stereocenters. The number of benzene rings is 1. The van der Waals surface area contributed by atoms with Crippen LogP contribution in [0.25, 0.3) is 0 Å². The maximum Gasteiger partial charge on any atom is 0.246 e. The number of nitrogens with zero attached hydrogens (tertiary/aromatic N) is 1. The Bertz CT molecular complexity index is 658. The zero-order valence-corrected chi connectivity index (χ0v) is 17.9. The van der Waals surface area contributed by atoms with Gasteiger partial charge in [-0.15, -0.1) is 6.58 Å². The van der Waals surface area contributed by atoms with E-state index in [9.17, 15) is 8.42 Å². The van der Waals surface area contributed by atoms with Crippen LogP contribution in [-0.2, 0) is 10.0 Å². The molecule has 27 heavy (non-hydrogen) atoms. The van der Waals surface area contributed by atoms with Crippen LogP contribution < -0.4 is 9.47 Å². The van der Waals surface area contributed by atoms with Crippen molar-refractivity contribution in [3.05, 3.63) is 30.9 Å². The van der Waals surface area contributed by atoms with E-state index in [1.807, 2.05) is 6.08 Å². The maximum absolute atomic E-state index is 13.0. The third-order valence-electron chi connectivity index (χ3n) is 4.48. The number of ether oxygens (including phenoxy) is 2. The van der Waals surface area contributed by atoms with E-state index in [2.05, 4.69) is 13.5 Å². The van der Waals surface area contributed by atoms with Crippen molar-refractivity contribution in [2.45, 2.75) is 63.2 Å². The summed E-state index contributed by atoms with van der Waals surface area (Å²) in [5.41, 5.74) is 0. The molecule has 0 heterocycles. The van der Waals surface area contributed by atoms with Crippen LogP contribution in [-0.4, -0.2) is 40.0 Å². The van der Waals surface area contributed by atoms with Gasteiger partial charge in [0.15, 0.2) is 0 Å². The molecule has 0 radical (unpaired) electrons. The zero-order valence-electron chi connectivity index (χ0n) is 17.1. The molecule has 0 amide bonds. The first-order valence-corrected chi connectivity index (χ1v) is 11.3. The van der Waals surface area contributed by atoms with Crippen LogP contribution in [0.3, 0.4) is 0 Å². The molecule has 0 N–H and O–H groups in total. The predicted octanol–water partition coefficient (Wildman–Crippen LogP) is 5.02. The van der Waals surface area contributed by atoms with E-state index < -0.39 is 10.0 Å². The van der Waals surface area contributed by atoms with E-state index in [1.54, 1.807) is 32.4 Å². The Kier molecular flexibility index (Phi) is 11.1. The SMILES string of the molecule is C=CCCCCN(C)S(=O)(=O)c1ccc(OC)cc1OCCCCCCC. The summed E-state index contributed by atoms with van der Waals surface area (Å²) in [4.78, 5) is 0.197. The van der Waals surface area contributed by atoms with Gasteiger partial charge in [0.1, 0.15) is 16.4 Å². The second-order valence-corrected chi connectivity index (χ2v) is 8.70. The number of allylic oxidation sites excluding steroid dienone is 1. The molecule has 0 fully saturated rings. The summed E-state index contributed by atoms with van der Waals surface area (Å²) >= 11 is 0. The van der Waals surface area contributed by atoms with Gasteiger partial charge in [-0.25, -0.2) is 12.7 Å². The van der Waals surface area contributed by atoms with Gasteiger partial charge in [0.2, 0.25) is 10.0 Å². The van der Waals surface area contributed by atoms with Crippen molar-refractivity contribution < 1.29 is 17.9 Å². The first-order valence-electron chi connectivity index (χ1n) is 9.85. The molecule has 154 valence electrons. The van der Waals surface area contributed by atoms with Crippen LogP contribution in [0, 0.1) is 0 Å². The summed E-state index contributed by atoms with van der Waals surface area (Å²) in [7, 11) is -0.434. The van der Waals surface area contributed by atoms with Crippen LogP contribution in [0.4, 0.5) is 0 Å². The summed E-state index contributed by atoms with van der Waals surface area (Å²) in [6, 6.07) is 4.89. The van der Waals surface area contributed by atoms with Gasteiger partial charge in [-0.3, -0.25) is 0 Å². The quantitative estimate of drug-likeness (QED) is 0.308. The molecule has 0 saturated carbocycles. The summed E-state index contributed by atoms with van der Waals surface area (Å²) in [5.74, 6) is 0.950. The highest BCUT2D eigenvalue weighted by atomic mass is 32.2. The van der Waals surface area contributed by atoms with E-state index in [0.29, 0.717) is 24.7 Å². The standard InChI is InChI=1S/C21H35NO4S/c1-5-7-9-11-13-17-26-20-18-19(25-4)14-15-21(20)27(23,24)22(3)16-12-10-8-6-2/h6,14-15,18H,2,5,7-13,16-17H2,1,3-4H3. The number of unbranched alkanes of at least 4 members (excludes halogenated alkanes) is 6. The van der Waals surface area contributed by atoms with Gasteiger partial charge >= 0.3 is 0 Å². The lowest BCUT2D eigenvalue weighted by atomic mass is 10.2. The molecule has 5 nitrogen and oxygen atoms in total. The Morgan fingerprint density at radius 3 is 2.52 bits per heavy atom. The van der Waals surface area contributed by atoms with Crippen LogP contribution in [0.1, 0.15) is 58.3 Å². The molecule has 1 aromatic rings. The minimum atomic E-state index is -3.61. The highest BCUT2D eigenvalue weighted by molar-refractivity contribution is 7.89. The topological polar surface area (TPSA) is 55.8 Å². The van der Waals surface area contributed by atoms with Crippen LogP contribution >= 0.6 is 0 Å². The highest BCUT2D eigenvalue weighted by Crippen LogP contribution is 2.31. The summed E-state index contributed by atoms with van der Waals surface area (Å²) in [6.45, 7) is 6.84. The van der Waals surface area contributed by atoms with Gasteiger partial charge in [-0.1, -0.05) is 38.7 Å². The summed E-state index contributed by atoms with van der Waals surface area (Å²) in [6.07, 6.45) is 10.0. The second kappa shape index (κ2) is 12.8. The van der Waals surface area contributed by atoms with Crippen molar-refractivity contribution in [2.24, 2.45) is 0 Å². The van der Waals surface area contributed by atoms with Gasteiger partial charge in [-0.05, 0) is 37.8 Å². The Morgan fingerprint density at radius 2 is 1.85 bits per heavy atom. The van der Waals surface area contributed by atoms with Crippen LogP contribution in [0.15, 0.2) is 35.7 Å². The highest BCUT2D eigenvalue weighted by Gasteiger charge is 2.25. The molecular formula is C21H35NO4S. The van der Waals surface area contributed by atoms with E-state index >= 15 is 0 Å². The third-order valence-corrected chi connectivity index (χ3v) is 6.37. The number of hydrogen-bond donors (Lipinski definition) is 0. The number of sulfonamides is 1. The maximum atomic E-state index is 13.0. The van der Waals surface area contributed by atoms with Gasteiger partial charge in [0.25, 0.3) is 0 Å². The van der Waals surface area contributed by atoms with Gasteiger partial charge in [-0.2, -0.15) is 0 Å². The average molecular weight is 398 g/mol. The molecular weight excluding hydrogens is 362 g/mol. The van der Waals surface area contributed by atoms with E-state index in [0.717, 1.165) is 32.1 Å². The number of hydrogen-bond acceptors (Lipinski definition) is 4. The predicted molar refractivity (Wildman–Crippen MR) is 111 cm³/mol. The van der Waals surface area contributed by atoms with Gasteiger partial charge in [0, 0.05) is 19.7 Å². The van der Waals surface area contributed by atoms with Crippen molar-refractivity contribution >= 4 is 10.0 Å². The van der Waals surface area contributed by atoms with Crippen molar-refractivity contribution in [3.8, 4) is 11.5 Å². The smallest absolute Gasteiger partial charge is 0.246 e. The lowest BCUT2D eigenvalue weighted by Gasteiger charge is -2.20. The molecule has 0 aromatic heterocycles. The molecule has 0 aliphatic carbocycles. The summed E-state index contributed by atoms with van der Waals surface area (Å²) in [5, 5.41) is 0. The second-order valence-electron chi connectivity index (χ2n) is 6.69. The van der Waals surface area contributed by atoms with Crippen molar-refractivity contribution in [1.82, 2.24) is 4.31 Å². The Balaban J connectivity index is 2.82. The van der Waals surface area contributed by atoms with Crippen molar-refractivity contribution in [3.63, 3.8) is 0 Å². The van der Waals surface area contributed by atoms with Crippen molar-refractivity contribution in [1.29, 1.82) is 0 Å². The number of rotatable bonds is 15. The van der Waals surface area contributed by atoms with E-state index in [4.69, 9.17) is 9.47 Å². The molecule has 6 heteroatoms. The van der Waals surface area contributed by atoms with Gasteiger partial charge in [0.05, 0.1) is 13.7 Å². The fourth-order valence-corrected chi connectivity index (χ4v) is 4.06. The van der Waals surface area contributed by atoms with Crippen molar-refractivity contribution in [2.75, 3.05) is 27.3 Å². The molecule has 0 aliphatic rings. The monoisotopic (exact) mass is 397 g/mol. The molecule has 0 saturated heterocycles. The molecule has 0 bridgehead atoms. The largest absolute Gasteiger partial charge is 0.497 e. The lowest BCUT2D eigenvalue weighted by molar-refractivity contribution is 0.293. The molecule has 0 aliphatic heterocycles. The minimum Gasteiger partial charge on any atom is -0.497 e. The third kappa shape index (κ3) is 7.93. The molecule has 0 spiro atoms. The van der Waals surface area contributed by atoms with Crippen LogP contribution in [0.2, 0.25) is 0 Å². The van der Waals surface area contributed by atoms with Crippen LogP contribution in [0.5, 0.6) is 11.5 Å². The van der Waals surface area contributed by atoms with E-state index in [1.165, 1.54) is 23.6 Å². The molecule has 0 unspecified atom stereocenters. The fraction of sp³-hybridized carbons (Fsp3) is 0.619. The summed E-state index contributed by atoms with van der Waals surface area (Å²) < 4.78 is 38.4. The lowest BCUT2D eigenvalue weighted by Crippen LogP contribution is -2.28. The fourth-order valence-electron chi connectivity index (χ4n) is 2.74. The Morgan fingerprint density at radius 1 is 1.11 bits per heavy atom. The average Bonchev–Trinajstić information content (AvgIpc) is 2.67.